The molecule has 0 aliphatic heterocycles. The molecule has 0 aliphatic rings. The molecule has 0 aliphatic carbocycles. The van der Waals surface area contributed by atoms with E-state index in [2.05, 4.69) is 20.8 Å². The fourth-order valence-corrected chi connectivity index (χ4v) is 2.98. The zero-order chi connectivity index (χ0) is 24.8. The lowest BCUT2D eigenvalue weighted by Gasteiger charge is -2.23. The number of hydrogen-bond donors (Lipinski definition) is 0. The largest absolute Gasteiger partial charge is 0.496 e. The number of carbonyl (C=O) groups excluding carboxylic acids is 2. The number of ether oxygens (including phenoxy) is 4. The van der Waals surface area contributed by atoms with Gasteiger partial charge in [-0.3, -0.25) is 9.59 Å². The zero-order valence-electron chi connectivity index (χ0n) is 20.8. The van der Waals surface area contributed by atoms with Gasteiger partial charge in [0.05, 0.1) is 19.6 Å². The van der Waals surface area contributed by atoms with Crippen LogP contribution in [0.25, 0.3) is 6.08 Å². The predicted octanol–water partition coefficient (Wildman–Crippen LogP) is 5.82. The highest BCUT2D eigenvalue weighted by molar-refractivity contribution is 6.07. The molecule has 0 saturated carbocycles. The SMILES string of the molecule is COc1cc(OC)c(C(C)(C)C)cc1/C=C/C(=O)c1ccc(OCOC(=O)C(C)(C)C)cc1. The van der Waals surface area contributed by atoms with Gasteiger partial charge >= 0.3 is 5.97 Å². The molecule has 0 amide bonds. The number of ketones is 1. The molecule has 0 heterocycles. The van der Waals surface area contributed by atoms with Crippen molar-refractivity contribution in [3.8, 4) is 17.2 Å². The highest BCUT2D eigenvalue weighted by atomic mass is 16.7. The number of hydrogen-bond acceptors (Lipinski definition) is 6. The van der Waals surface area contributed by atoms with Crippen molar-refractivity contribution in [3.63, 3.8) is 0 Å². The fraction of sp³-hybridized carbons (Fsp3) is 0.407. The molecule has 6 nitrogen and oxygen atoms in total. The summed E-state index contributed by atoms with van der Waals surface area (Å²) in [6, 6.07) is 10.5. The van der Waals surface area contributed by atoms with Crippen LogP contribution in [0.15, 0.2) is 42.5 Å². The second-order valence-corrected chi connectivity index (χ2v) is 9.71. The van der Waals surface area contributed by atoms with Crippen molar-refractivity contribution in [1.29, 1.82) is 0 Å². The van der Waals surface area contributed by atoms with Crippen LogP contribution < -0.4 is 14.2 Å². The molecule has 178 valence electrons. The molecule has 2 aromatic carbocycles. The summed E-state index contributed by atoms with van der Waals surface area (Å²) < 4.78 is 21.5. The minimum atomic E-state index is -0.591. The van der Waals surface area contributed by atoms with Crippen molar-refractivity contribution in [3.05, 3.63) is 59.2 Å². The van der Waals surface area contributed by atoms with Gasteiger partial charge in [0.25, 0.3) is 0 Å². The summed E-state index contributed by atoms with van der Waals surface area (Å²) in [5.41, 5.74) is 1.59. The van der Waals surface area contributed by atoms with Gasteiger partial charge in [0.15, 0.2) is 5.78 Å². The molecule has 0 aromatic heterocycles. The van der Waals surface area contributed by atoms with Crippen LogP contribution in [-0.2, 0) is 14.9 Å². The molecule has 0 fully saturated rings. The molecule has 0 atom stereocenters. The van der Waals surface area contributed by atoms with Crippen LogP contribution in [0.1, 0.15) is 63.0 Å². The average molecular weight is 455 g/mol. The third-order valence-corrected chi connectivity index (χ3v) is 4.94. The summed E-state index contributed by atoms with van der Waals surface area (Å²) in [7, 11) is 3.22. The van der Waals surface area contributed by atoms with Gasteiger partial charge in [-0.15, -0.1) is 0 Å². The maximum atomic E-state index is 12.7. The minimum Gasteiger partial charge on any atom is -0.496 e. The van der Waals surface area contributed by atoms with E-state index in [0.29, 0.717) is 17.1 Å². The average Bonchev–Trinajstić information content (AvgIpc) is 2.75. The normalized spacial score (nSPS) is 11.9. The van der Waals surface area contributed by atoms with Gasteiger partial charge in [0.1, 0.15) is 17.2 Å². The summed E-state index contributed by atoms with van der Waals surface area (Å²) in [5, 5.41) is 0. The van der Waals surface area contributed by atoms with Crippen LogP contribution >= 0.6 is 0 Å². The van der Waals surface area contributed by atoms with Crippen LogP contribution in [0, 0.1) is 5.41 Å². The molecule has 0 saturated heterocycles. The summed E-state index contributed by atoms with van der Waals surface area (Å²) in [5.74, 6) is 1.37. The first-order valence-electron chi connectivity index (χ1n) is 10.8. The van der Waals surface area contributed by atoms with E-state index in [1.807, 2.05) is 12.1 Å². The molecule has 0 spiro atoms. The predicted molar refractivity (Wildman–Crippen MR) is 129 cm³/mol. The van der Waals surface area contributed by atoms with Crippen LogP contribution in [0.4, 0.5) is 0 Å². The summed E-state index contributed by atoms with van der Waals surface area (Å²) in [6.07, 6.45) is 3.25. The second kappa shape index (κ2) is 10.6. The van der Waals surface area contributed by atoms with Crippen molar-refractivity contribution < 1.29 is 28.5 Å². The standard InChI is InChI=1S/C27H34O6/c1-26(2,3)21-15-19(23(30-7)16-24(21)31-8)11-14-22(28)18-9-12-20(13-10-18)32-17-33-25(29)27(4,5)6/h9-16H,17H2,1-8H3/b14-11+. The Morgan fingerprint density at radius 3 is 2.00 bits per heavy atom. The Hall–Kier alpha value is -3.28. The molecule has 0 N–H and O–H groups in total. The van der Waals surface area contributed by atoms with E-state index in [1.165, 1.54) is 6.08 Å². The second-order valence-electron chi connectivity index (χ2n) is 9.71. The smallest absolute Gasteiger partial charge is 0.314 e. The molecule has 2 rings (SSSR count). The number of esters is 1. The Kier molecular flexibility index (Phi) is 8.31. The third-order valence-electron chi connectivity index (χ3n) is 4.94. The van der Waals surface area contributed by atoms with Crippen molar-refractivity contribution in [2.45, 2.75) is 47.0 Å². The van der Waals surface area contributed by atoms with Crippen molar-refractivity contribution >= 4 is 17.8 Å². The first-order valence-corrected chi connectivity index (χ1v) is 10.8. The van der Waals surface area contributed by atoms with E-state index in [0.717, 1.165) is 16.9 Å². The van der Waals surface area contributed by atoms with E-state index in [1.54, 1.807) is 65.3 Å². The number of methoxy groups -OCH3 is 2. The highest BCUT2D eigenvalue weighted by Gasteiger charge is 2.23. The number of allylic oxidation sites excluding steroid dienone is 1. The molecule has 2 aromatic rings. The number of carbonyl (C=O) groups is 2. The van der Waals surface area contributed by atoms with Crippen LogP contribution in [-0.4, -0.2) is 32.8 Å². The highest BCUT2D eigenvalue weighted by Crippen LogP contribution is 2.37. The van der Waals surface area contributed by atoms with Gasteiger partial charge in [-0.05, 0) is 68.7 Å². The lowest BCUT2D eigenvalue weighted by molar-refractivity contribution is -0.159. The van der Waals surface area contributed by atoms with Crippen LogP contribution in [0.5, 0.6) is 17.2 Å². The fourth-order valence-electron chi connectivity index (χ4n) is 2.98. The van der Waals surface area contributed by atoms with Gasteiger partial charge in [0.2, 0.25) is 6.79 Å². The van der Waals surface area contributed by atoms with E-state index in [9.17, 15) is 9.59 Å². The summed E-state index contributed by atoms with van der Waals surface area (Å²) in [4.78, 5) is 24.5. The van der Waals surface area contributed by atoms with Crippen molar-refractivity contribution in [2.24, 2.45) is 5.41 Å². The van der Waals surface area contributed by atoms with E-state index in [4.69, 9.17) is 18.9 Å². The van der Waals surface area contributed by atoms with Crippen molar-refractivity contribution in [1.82, 2.24) is 0 Å². The first kappa shape index (κ1) is 26.0. The lowest BCUT2D eigenvalue weighted by atomic mass is 9.85. The Morgan fingerprint density at radius 2 is 1.48 bits per heavy atom. The van der Waals surface area contributed by atoms with Gasteiger partial charge < -0.3 is 18.9 Å². The molecule has 0 radical (unpaired) electrons. The minimum absolute atomic E-state index is 0.138. The monoisotopic (exact) mass is 454 g/mol. The van der Waals surface area contributed by atoms with Crippen LogP contribution in [0.2, 0.25) is 0 Å². The maximum Gasteiger partial charge on any atom is 0.314 e. The van der Waals surface area contributed by atoms with Gasteiger partial charge in [-0.1, -0.05) is 20.8 Å². The number of rotatable bonds is 8. The quantitative estimate of drug-likeness (QED) is 0.217. The van der Waals surface area contributed by atoms with Gasteiger partial charge in [-0.2, -0.15) is 0 Å². The molecule has 0 unspecified atom stereocenters. The Labute approximate surface area is 196 Å². The van der Waals surface area contributed by atoms with Gasteiger partial charge in [-0.25, -0.2) is 0 Å². The molecule has 0 bridgehead atoms. The third kappa shape index (κ3) is 7.11. The summed E-state index contributed by atoms with van der Waals surface area (Å²) >= 11 is 0. The topological polar surface area (TPSA) is 71.1 Å². The molecular weight excluding hydrogens is 420 g/mol. The van der Waals surface area contributed by atoms with Gasteiger partial charge in [0, 0.05) is 22.8 Å². The Morgan fingerprint density at radius 1 is 0.879 bits per heavy atom. The Balaban J connectivity index is 2.12. The van der Waals surface area contributed by atoms with E-state index in [-0.39, 0.29) is 24.0 Å². The lowest BCUT2D eigenvalue weighted by Crippen LogP contribution is -2.24. The molecule has 33 heavy (non-hydrogen) atoms. The maximum absolute atomic E-state index is 12.7. The van der Waals surface area contributed by atoms with Crippen LogP contribution in [0.3, 0.4) is 0 Å². The summed E-state index contributed by atoms with van der Waals surface area (Å²) in [6.45, 7) is 11.4. The first-order chi connectivity index (χ1) is 15.4. The Bertz CT molecular complexity index is 1000. The molecular formula is C27H34O6. The zero-order valence-corrected chi connectivity index (χ0v) is 20.8. The van der Waals surface area contributed by atoms with E-state index >= 15 is 0 Å². The van der Waals surface area contributed by atoms with Crippen molar-refractivity contribution in [2.75, 3.05) is 21.0 Å². The molecule has 6 heteroatoms. The van der Waals surface area contributed by atoms with E-state index < -0.39 is 5.41 Å². The number of benzene rings is 2.